The lowest BCUT2D eigenvalue weighted by Crippen LogP contribution is -2.36. The Kier molecular flexibility index (Phi) is 6.52. The molecule has 194 valence electrons. The van der Waals surface area contributed by atoms with Gasteiger partial charge in [0, 0.05) is 31.1 Å². The quantitative estimate of drug-likeness (QED) is 0.447. The van der Waals surface area contributed by atoms with Crippen LogP contribution in [0.1, 0.15) is 50.1 Å². The highest BCUT2D eigenvalue weighted by atomic mass is 32.1. The van der Waals surface area contributed by atoms with Crippen LogP contribution in [0.15, 0.2) is 6.07 Å². The van der Waals surface area contributed by atoms with Crippen molar-refractivity contribution in [3.63, 3.8) is 0 Å². The van der Waals surface area contributed by atoms with Crippen molar-refractivity contribution in [3.8, 4) is 0 Å². The average molecular weight is 524 g/mol. The number of anilines is 2. The van der Waals surface area contributed by atoms with E-state index in [4.69, 9.17) is 14.7 Å². The number of hydrogen-bond acceptors (Lipinski definition) is 9. The van der Waals surface area contributed by atoms with E-state index < -0.39 is 12.0 Å². The van der Waals surface area contributed by atoms with Gasteiger partial charge in [-0.25, -0.2) is 4.98 Å². The number of aryl methyl sites for hydroxylation is 1. The Morgan fingerprint density at radius 1 is 1.19 bits per heavy atom. The number of fused-ring (bicyclic) bond motifs is 2. The van der Waals surface area contributed by atoms with Gasteiger partial charge in [0.05, 0.1) is 24.0 Å². The first-order valence-corrected chi connectivity index (χ1v) is 13.0. The SMILES string of the molecule is CCCc1cc2c(N3CCn4c(nnc4C(F)(F)F)C3)nc(N3CCC(C(=O)OC(C)C)C3)nc2s1. The van der Waals surface area contributed by atoms with Gasteiger partial charge in [0.25, 0.3) is 0 Å². The number of carbonyl (C=O) groups excluding carboxylic acids is 1. The highest BCUT2D eigenvalue weighted by molar-refractivity contribution is 7.18. The van der Waals surface area contributed by atoms with Crippen LogP contribution in [0.3, 0.4) is 0 Å². The lowest BCUT2D eigenvalue weighted by Gasteiger charge is -2.30. The van der Waals surface area contributed by atoms with Crippen LogP contribution in [0, 0.1) is 5.92 Å². The molecule has 0 N–H and O–H groups in total. The van der Waals surface area contributed by atoms with Gasteiger partial charge in [-0.1, -0.05) is 13.3 Å². The van der Waals surface area contributed by atoms with E-state index in [1.165, 1.54) is 4.88 Å². The molecule has 3 aromatic heterocycles. The van der Waals surface area contributed by atoms with Gasteiger partial charge >= 0.3 is 12.1 Å². The zero-order chi connectivity index (χ0) is 25.6. The second kappa shape index (κ2) is 9.49. The molecule has 1 atom stereocenters. The van der Waals surface area contributed by atoms with E-state index >= 15 is 0 Å². The Morgan fingerprint density at radius 3 is 2.72 bits per heavy atom. The van der Waals surface area contributed by atoms with Gasteiger partial charge in [0.2, 0.25) is 11.8 Å². The Hall–Kier alpha value is -2.96. The van der Waals surface area contributed by atoms with Crippen molar-refractivity contribution in [2.75, 3.05) is 29.4 Å². The molecule has 0 bridgehead atoms. The van der Waals surface area contributed by atoms with Crippen LogP contribution in [-0.2, 0) is 35.2 Å². The number of carbonyl (C=O) groups is 1. The van der Waals surface area contributed by atoms with Gasteiger partial charge in [0.15, 0.2) is 5.82 Å². The van der Waals surface area contributed by atoms with E-state index in [0.717, 1.165) is 27.6 Å². The molecule has 5 heterocycles. The van der Waals surface area contributed by atoms with Crippen LogP contribution in [0.4, 0.5) is 24.9 Å². The van der Waals surface area contributed by atoms with Crippen molar-refractivity contribution in [2.24, 2.45) is 5.92 Å². The average Bonchev–Trinajstić information content (AvgIpc) is 3.54. The monoisotopic (exact) mass is 523 g/mol. The normalized spacial score (nSPS) is 18.4. The zero-order valence-electron chi connectivity index (χ0n) is 20.4. The van der Waals surface area contributed by atoms with Crippen molar-refractivity contribution in [1.82, 2.24) is 24.7 Å². The summed E-state index contributed by atoms with van der Waals surface area (Å²) in [6.45, 7) is 7.46. The van der Waals surface area contributed by atoms with Gasteiger partial charge in [-0.2, -0.15) is 18.2 Å². The number of thiophene rings is 1. The summed E-state index contributed by atoms with van der Waals surface area (Å²) in [6.07, 6.45) is -2.17. The van der Waals surface area contributed by atoms with Crippen molar-refractivity contribution >= 4 is 39.3 Å². The van der Waals surface area contributed by atoms with E-state index in [0.29, 0.717) is 37.8 Å². The summed E-state index contributed by atoms with van der Waals surface area (Å²) in [7, 11) is 0. The van der Waals surface area contributed by atoms with Crippen LogP contribution in [0.2, 0.25) is 0 Å². The van der Waals surface area contributed by atoms with E-state index in [1.807, 2.05) is 23.6 Å². The smallest absolute Gasteiger partial charge is 0.451 e. The fourth-order valence-corrected chi connectivity index (χ4v) is 5.83. The van der Waals surface area contributed by atoms with Crippen LogP contribution < -0.4 is 9.80 Å². The number of nitrogens with zero attached hydrogens (tertiary/aromatic N) is 7. The van der Waals surface area contributed by atoms with Crippen molar-refractivity contribution < 1.29 is 22.7 Å². The van der Waals surface area contributed by atoms with Gasteiger partial charge in [-0.3, -0.25) is 4.79 Å². The lowest BCUT2D eigenvalue weighted by atomic mass is 10.1. The van der Waals surface area contributed by atoms with Gasteiger partial charge in [-0.05, 0) is 32.8 Å². The summed E-state index contributed by atoms with van der Waals surface area (Å²) in [4.78, 5) is 28.1. The molecular formula is C23H28F3N7O2S. The van der Waals surface area contributed by atoms with Crippen molar-refractivity contribution in [1.29, 1.82) is 0 Å². The van der Waals surface area contributed by atoms with Gasteiger partial charge in [-0.15, -0.1) is 21.5 Å². The Labute approximate surface area is 210 Å². The minimum Gasteiger partial charge on any atom is -0.463 e. The van der Waals surface area contributed by atoms with E-state index in [-0.39, 0.29) is 36.9 Å². The standard InChI is InChI=1S/C23H28F3N7O2S/c1-4-5-15-10-16-18(31-8-9-33-17(12-31)29-30-21(33)23(24,25)26)27-22(28-19(16)36-15)32-7-6-14(11-32)20(34)35-13(2)3/h10,13-14H,4-9,11-12H2,1-3H3. The Balaban J connectivity index is 1.47. The predicted molar refractivity (Wildman–Crippen MR) is 129 cm³/mol. The highest BCUT2D eigenvalue weighted by Gasteiger charge is 2.40. The van der Waals surface area contributed by atoms with Gasteiger partial charge in [0.1, 0.15) is 10.6 Å². The maximum absolute atomic E-state index is 13.3. The minimum atomic E-state index is -4.55. The van der Waals surface area contributed by atoms with Crippen molar-refractivity contribution in [3.05, 3.63) is 22.6 Å². The van der Waals surface area contributed by atoms with E-state index in [9.17, 15) is 18.0 Å². The molecule has 0 radical (unpaired) electrons. The van der Waals surface area contributed by atoms with Crippen molar-refractivity contribution in [2.45, 2.75) is 65.4 Å². The fourth-order valence-electron chi connectivity index (χ4n) is 4.71. The molecule has 1 unspecified atom stereocenters. The molecule has 0 saturated carbocycles. The van der Waals surface area contributed by atoms with Crippen LogP contribution in [-0.4, -0.2) is 56.4 Å². The first kappa shape index (κ1) is 24.7. The molecule has 13 heteroatoms. The summed E-state index contributed by atoms with van der Waals surface area (Å²) in [6, 6.07) is 2.08. The third-order valence-electron chi connectivity index (χ3n) is 6.37. The fraction of sp³-hybridized carbons (Fsp3) is 0.609. The van der Waals surface area contributed by atoms with Crippen LogP contribution in [0.25, 0.3) is 10.2 Å². The summed E-state index contributed by atoms with van der Waals surface area (Å²) in [5.74, 6) is 0.00994. The van der Waals surface area contributed by atoms with E-state index in [1.54, 1.807) is 11.3 Å². The molecule has 0 aliphatic carbocycles. The molecule has 2 aliphatic rings. The molecule has 0 amide bonds. The first-order valence-electron chi connectivity index (χ1n) is 12.1. The number of hydrogen-bond donors (Lipinski definition) is 0. The first-order chi connectivity index (χ1) is 17.1. The predicted octanol–water partition coefficient (Wildman–Crippen LogP) is 4.05. The number of esters is 1. The molecular weight excluding hydrogens is 495 g/mol. The second-order valence-electron chi connectivity index (χ2n) is 9.46. The molecule has 36 heavy (non-hydrogen) atoms. The van der Waals surface area contributed by atoms with Crippen LogP contribution in [0.5, 0.6) is 0 Å². The molecule has 0 spiro atoms. The third-order valence-corrected chi connectivity index (χ3v) is 7.46. The summed E-state index contributed by atoms with van der Waals surface area (Å²) < 4.78 is 46.4. The molecule has 2 aliphatic heterocycles. The molecule has 1 saturated heterocycles. The Morgan fingerprint density at radius 2 is 2.00 bits per heavy atom. The largest absolute Gasteiger partial charge is 0.463 e. The molecule has 0 aromatic carbocycles. The second-order valence-corrected chi connectivity index (χ2v) is 10.6. The lowest BCUT2D eigenvalue weighted by molar-refractivity contribution is -0.151. The third kappa shape index (κ3) is 4.72. The maximum atomic E-state index is 13.3. The van der Waals surface area contributed by atoms with E-state index in [2.05, 4.69) is 23.2 Å². The minimum absolute atomic E-state index is 0.108. The van der Waals surface area contributed by atoms with Crippen LogP contribution >= 0.6 is 11.3 Å². The number of alkyl halides is 3. The number of aromatic nitrogens is 5. The summed E-state index contributed by atoms with van der Waals surface area (Å²) >= 11 is 1.60. The molecule has 1 fully saturated rings. The Bertz CT molecular complexity index is 1270. The topological polar surface area (TPSA) is 89.3 Å². The number of rotatable bonds is 6. The molecule has 9 nitrogen and oxygen atoms in total. The van der Waals surface area contributed by atoms with Gasteiger partial charge < -0.3 is 19.1 Å². The maximum Gasteiger partial charge on any atom is 0.451 e. The summed E-state index contributed by atoms with van der Waals surface area (Å²) in [5, 5.41) is 8.09. The molecule has 3 aromatic rings. The number of ether oxygens (including phenoxy) is 1. The zero-order valence-corrected chi connectivity index (χ0v) is 21.2. The number of halogens is 3. The summed E-state index contributed by atoms with van der Waals surface area (Å²) in [5.41, 5.74) is 0. The molecule has 5 rings (SSSR count). The highest BCUT2D eigenvalue weighted by Crippen LogP contribution is 2.37.